The van der Waals surface area contributed by atoms with E-state index in [1.54, 1.807) is 0 Å². The molecule has 1 aromatic heterocycles. The number of aromatic amines is 1. The van der Waals surface area contributed by atoms with Crippen molar-refractivity contribution < 1.29 is 27.9 Å². The van der Waals surface area contributed by atoms with Crippen molar-refractivity contribution in [2.75, 3.05) is 13.7 Å². The summed E-state index contributed by atoms with van der Waals surface area (Å²) in [7, 11) is -2.97. The Bertz CT molecular complexity index is 637. The number of carbonyl (C=O) groups is 2. The van der Waals surface area contributed by atoms with Crippen LogP contribution in [-0.2, 0) is 19.6 Å². The van der Waals surface area contributed by atoms with Crippen LogP contribution >= 0.6 is 0 Å². The lowest BCUT2D eigenvalue weighted by Gasteiger charge is -2.21. The lowest BCUT2D eigenvalue weighted by molar-refractivity contribution is -0.144. The molecule has 1 unspecified atom stereocenters. The molecule has 0 bridgehead atoms. The maximum absolute atomic E-state index is 12.4. The highest BCUT2D eigenvalue weighted by Gasteiger charge is 2.42. The molecular formula is C10H13N3O6S. The Morgan fingerprint density at radius 3 is 2.85 bits per heavy atom. The number of sulfonamides is 1. The van der Waals surface area contributed by atoms with Gasteiger partial charge in [-0.3, -0.25) is 9.89 Å². The minimum atomic E-state index is -4.14. The van der Waals surface area contributed by atoms with Crippen molar-refractivity contribution in [1.82, 2.24) is 14.5 Å². The van der Waals surface area contributed by atoms with Crippen LogP contribution in [0.25, 0.3) is 0 Å². The Balaban J connectivity index is 2.42. The molecular weight excluding hydrogens is 290 g/mol. The number of aromatic nitrogens is 2. The van der Waals surface area contributed by atoms with Crippen molar-refractivity contribution in [1.29, 1.82) is 0 Å². The summed E-state index contributed by atoms with van der Waals surface area (Å²) in [6.45, 7) is 0.125. The third kappa shape index (κ3) is 2.27. The number of methoxy groups -OCH3 is 1. The largest absolute Gasteiger partial charge is 0.478 e. The molecule has 2 heterocycles. The van der Waals surface area contributed by atoms with Crippen molar-refractivity contribution >= 4 is 22.0 Å². The van der Waals surface area contributed by atoms with Crippen molar-refractivity contribution in [3.8, 4) is 0 Å². The number of hydrogen-bond donors (Lipinski definition) is 2. The second-order valence-corrected chi connectivity index (χ2v) is 6.04. The van der Waals surface area contributed by atoms with Crippen LogP contribution in [-0.4, -0.2) is 59.7 Å². The van der Waals surface area contributed by atoms with Crippen molar-refractivity contribution in [3.63, 3.8) is 0 Å². The van der Waals surface area contributed by atoms with Gasteiger partial charge in [-0.15, -0.1) is 0 Å². The van der Waals surface area contributed by atoms with Crippen LogP contribution in [0.5, 0.6) is 0 Å². The maximum atomic E-state index is 12.4. The van der Waals surface area contributed by atoms with E-state index in [9.17, 15) is 18.0 Å². The molecule has 0 aromatic carbocycles. The van der Waals surface area contributed by atoms with E-state index in [1.165, 1.54) is 7.11 Å². The highest BCUT2D eigenvalue weighted by Crippen LogP contribution is 2.27. The number of aromatic carboxylic acids is 1. The Labute approximate surface area is 114 Å². The first-order valence-electron chi connectivity index (χ1n) is 5.76. The summed E-state index contributed by atoms with van der Waals surface area (Å²) < 4.78 is 30.4. The first-order valence-corrected chi connectivity index (χ1v) is 7.20. The predicted octanol–water partition coefficient (Wildman–Crippen LogP) is -0.566. The minimum absolute atomic E-state index is 0.125. The standard InChI is InChI=1S/C10H13N3O6S/c1-19-10(16)7-3-2-4-13(7)20(17,18)8-6(9(14)15)5-11-12-8/h5,7H,2-4H2,1H3,(H,11,12)(H,14,15). The lowest BCUT2D eigenvalue weighted by Crippen LogP contribution is -2.41. The fraction of sp³-hybridized carbons (Fsp3) is 0.500. The number of nitrogens with zero attached hydrogens (tertiary/aromatic N) is 2. The zero-order valence-electron chi connectivity index (χ0n) is 10.6. The van der Waals surface area contributed by atoms with Crippen LogP contribution in [0.2, 0.25) is 0 Å². The number of H-pyrrole nitrogens is 1. The van der Waals surface area contributed by atoms with Gasteiger partial charge in [-0.2, -0.15) is 9.40 Å². The molecule has 110 valence electrons. The zero-order valence-corrected chi connectivity index (χ0v) is 11.4. The van der Waals surface area contributed by atoms with Crippen LogP contribution in [0.15, 0.2) is 11.2 Å². The second kappa shape index (κ2) is 5.21. The number of carboxylic acids is 1. The molecule has 1 atom stereocenters. The van der Waals surface area contributed by atoms with Gasteiger partial charge in [-0.1, -0.05) is 0 Å². The first-order chi connectivity index (χ1) is 9.39. The van der Waals surface area contributed by atoms with Crippen LogP contribution in [0.3, 0.4) is 0 Å². The molecule has 9 nitrogen and oxygen atoms in total. The fourth-order valence-electron chi connectivity index (χ4n) is 2.14. The Morgan fingerprint density at radius 2 is 2.25 bits per heavy atom. The predicted molar refractivity (Wildman–Crippen MR) is 64.5 cm³/mol. The second-order valence-electron chi connectivity index (χ2n) is 4.21. The molecule has 20 heavy (non-hydrogen) atoms. The number of carboxylic acid groups (broad SMARTS) is 1. The molecule has 1 aliphatic heterocycles. The van der Waals surface area contributed by atoms with Crippen LogP contribution in [0.1, 0.15) is 23.2 Å². The summed E-state index contributed by atoms with van der Waals surface area (Å²) in [5.41, 5.74) is -0.458. The number of nitrogens with one attached hydrogen (secondary N) is 1. The quantitative estimate of drug-likeness (QED) is 0.712. The molecule has 1 aliphatic rings. The van der Waals surface area contributed by atoms with Crippen molar-refractivity contribution in [3.05, 3.63) is 11.8 Å². The highest BCUT2D eigenvalue weighted by atomic mass is 32.2. The average Bonchev–Trinajstić information content (AvgIpc) is 3.06. The average molecular weight is 303 g/mol. The van der Waals surface area contributed by atoms with Gasteiger partial charge in [0.25, 0.3) is 10.0 Å². The monoisotopic (exact) mass is 303 g/mol. The molecule has 1 saturated heterocycles. The molecule has 0 radical (unpaired) electrons. The SMILES string of the molecule is COC(=O)C1CCCN1S(=O)(=O)c1[nH]ncc1C(=O)O. The van der Waals surface area contributed by atoms with Gasteiger partial charge in [0.1, 0.15) is 11.6 Å². The summed E-state index contributed by atoms with van der Waals surface area (Å²) in [6.07, 6.45) is 1.75. The summed E-state index contributed by atoms with van der Waals surface area (Å²) in [5, 5.41) is 14.0. The first kappa shape index (κ1) is 14.5. The van der Waals surface area contributed by atoms with E-state index in [0.29, 0.717) is 12.8 Å². The van der Waals surface area contributed by atoms with E-state index in [-0.39, 0.29) is 6.54 Å². The summed E-state index contributed by atoms with van der Waals surface area (Å²) in [4.78, 5) is 22.6. The fourth-order valence-corrected chi connectivity index (χ4v) is 3.86. The number of hydrogen-bond acceptors (Lipinski definition) is 6. The van der Waals surface area contributed by atoms with Crippen LogP contribution in [0.4, 0.5) is 0 Å². The summed E-state index contributed by atoms with van der Waals surface area (Å²) in [6, 6.07) is -0.935. The van der Waals surface area contributed by atoms with E-state index < -0.39 is 38.6 Å². The molecule has 10 heteroatoms. The summed E-state index contributed by atoms with van der Waals surface area (Å²) in [5.74, 6) is -2.08. The van der Waals surface area contributed by atoms with Gasteiger partial charge < -0.3 is 9.84 Å². The van der Waals surface area contributed by atoms with Gasteiger partial charge in [-0.25, -0.2) is 13.2 Å². The molecule has 0 aliphatic carbocycles. The van der Waals surface area contributed by atoms with Crippen molar-refractivity contribution in [2.24, 2.45) is 0 Å². The van der Waals surface area contributed by atoms with Gasteiger partial charge in [0.2, 0.25) is 0 Å². The third-order valence-electron chi connectivity index (χ3n) is 3.08. The molecule has 0 spiro atoms. The molecule has 2 rings (SSSR count). The molecule has 0 amide bonds. The van der Waals surface area contributed by atoms with E-state index >= 15 is 0 Å². The smallest absolute Gasteiger partial charge is 0.340 e. The zero-order chi connectivity index (χ0) is 14.9. The third-order valence-corrected chi connectivity index (χ3v) is 4.96. The maximum Gasteiger partial charge on any atom is 0.340 e. The van der Waals surface area contributed by atoms with Gasteiger partial charge in [0.05, 0.1) is 13.3 Å². The van der Waals surface area contributed by atoms with Gasteiger partial charge in [0, 0.05) is 6.54 Å². The number of esters is 1. The van der Waals surface area contributed by atoms with E-state index in [0.717, 1.165) is 10.5 Å². The minimum Gasteiger partial charge on any atom is -0.478 e. The Hall–Kier alpha value is -1.94. The van der Waals surface area contributed by atoms with E-state index in [1.807, 2.05) is 0 Å². The van der Waals surface area contributed by atoms with Crippen LogP contribution in [0, 0.1) is 0 Å². The molecule has 2 N–H and O–H groups in total. The van der Waals surface area contributed by atoms with E-state index in [4.69, 9.17) is 5.11 Å². The summed E-state index contributed by atoms with van der Waals surface area (Å²) >= 11 is 0. The number of ether oxygens (including phenoxy) is 1. The van der Waals surface area contributed by atoms with Gasteiger partial charge in [-0.05, 0) is 12.8 Å². The lowest BCUT2D eigenvalue weighted by atomic mass is 10.2. The van der Waals surface area contributed by atoms with E-state index in [2.05, 4.69) is 14.9 Å². The van der Waals surface area contributed by atoms with Crippen molar-refractivity contribution in [2.45, 2.75) is 23.9 Å². The van der Waals surface area contributed by atoms with Gasteiger partial charge in [0.15, 0.2) is 5.03 Å². The molecule has 1 aromatic rings. The highest BCUT2D eigenvalue weighted by molar-refractivity contribution is 7.89. The van der Waals surface area contributed by atoms with Gasteiger partial charge >= 0.3 is 11.9 Å². The number of rotatable bonds is 4. The Kier molecular flexibility index (Phi) is 3.77. The Morgan fingerprint density at radius 1 is 1.55 bits per heavy atom. The number of carbonyl (C=O) groups excluding carboxylic acids is 1. The topological polar surface area (TPSA) is 130 Å². The normalized spacial score (nSPS) is 19.9. The van der Waals surface area contributed by atoms with Crippen LogP contribution < -0.4 is 0 Å². The molecule has 1 fully saturated rings. The molecule has 0 saturated carbocycles.